The smallest absolute Gasteiger partial charge is 0.342 e. The molecule has 0 amide bonds. The van der Waals surface area contributed by atoms with Gasteiger partial charge in [-0.1, -0.05) is 0 Å². The molecule has 0 spiro atoms. The molecular formula is C9H6IN3O2. The molecule has 0 saturated carbocycles. The number of aromatic nitrogens is 1. The molecule has 76 valence electrons. The van der Waals surface area contributed by atoms with Crippen LogP contribution in [0.5, 0.6) is 0 Å². The fraction of sp³-hybridized carbons (Fsp3) is 0.222. The maximum absolute atomic E-state index is 11.4. The van der Waals surface area contributed by atoms with Crippen molar-refractivity contribution in [3.8, 4) is 6.07 Å². The number of hydrogen-bond donors (Lipinski definition) is 1. The molecule has 1 aliphatic heterocycles. The highest BCUT2D eigenvalue weighted by atomic mass is 127. The first-order chi connectivity index (χ1) is 7.06. The molecule has 0 aromatic carbocycles. The summed E-state index contributed by atoms with van der Waals surface area (Å²) in [4.78, 5) is 15.4. The topological polar surface area (TPSA) is 89.0 Å². The average molecular weight is 315 g/mol. The zero-order valence-electron chi connectivity index (χ0n) is 7.74. The van der Waals surface area contributed by atoms with E-state index in [1.54, 1.807) is 6.92 Å². The minimum absolute atomic E-state index is 0.128. The van der Waals surface area contributed by atoms with Crippen molar-refractivity contribution in [2.75, 3.05) is 5.73 Å². The minimum atomic E-state index is -0.504. The molecule has 0 bridgehead atoms. The van der Waals surface area contributed by atoms with Crippen LogP contribution >= 0.6 is 22.6 Å². The van der Waals surface area contributed by atoms with E-state index in [2.05, 4.69) is 4.98 Å². The van der Waals surface area contributed by atoms with Crippen LogP contribution in [0.3, 0.4) is 0 Å². The molecule has 6 heteroatoms. The van der Waals surface area contributed by atoms with Crippen molar-refractivity contribution < 1.29 is 9.53 Å². The van der Waals surface area contributed by atoms with Crippen molar-refractivity contribution in [3.63, 3.8) is 0 Å². The lowest BCUT2D eigenvalue weighted by molar-refractivity contribution is 0.0422. The van der Waals surface area contributed by atoms with E-state index in [1.165, 1.54) is 0 Å². The maximum atomic E-state index is 11.4. The normalized spacial score (nSPS) is 18.2. The Labute approximate surface area is 99.4 Å². The summed E-state index contributed by atoms with van der Waals surface area (Å²) in [6, 6.07) is 2.02. The van der Waals surface area contributed by atoms with Gasteiger partial charge < -0.3 is 10.5 Å². The molecule has 1 aromatic rings. The molecule has 0 fully saturated rings. The van der Waals surface area contributed by atoms with Crippen LogP contribution in [0.15, 0.2) is 0 Å². The monoisotopic (exact) mass is 315 g/mol. The van der Waals surface area contributed by atoms with Crippen LogP contribution in [0.4, 0.5) is 5.82 Å². The van der Waals surface area contributed by atoms with Crippen LogP contribution < -0.4 is 5.73 Å². The first-order valence-corrected chi connectivity index (χ1v) is 5.24. The number of carbonyl (C=O) groups excluding carboxylic acids is 1. The Morgan fingerprint density at radius 2 is 2.33 bits per heavy atom. The largest absolute Gasteiger partial charge is 0.454 e. The quantitative estimate of drug-likeness (QED) is 0.444. The summed E-state index contributed by atoms with van der Waals surface area (Å²) in [5.41, 5.74) is 6.79. The van der Waals surface area contributed by atoms with Gasteiger partial charge in [-0.15, -0.1) is 0 Å². The fourth-order valence-corrected chi connectivity index (χ4v) is 2.27. The molecule has 5 nitrogen and oxygen atoms in total. The predicted molar refractivity (Wildman–Crippen MR) is 59.9 cm³/mol. The summed E-state index contributed by atoms with van der Waals surface area (Å²) in [5, 5.41) is 8.98. The number of anilines is 1. The number of pyridine rings is 1. The first-order valence-electron chi connectivity index (χ1n) is 4.16. The van der Waals surface area contributed by atoms with Crippen molar-refractivity contribution in [2.24, 2.45) is 0 Å². The van der Waals surface area contributed by atoms with Crippen LogP contribution in [0.2, 0.25) is 0 Å². The van der Waals surface area contributed by atoms with E-state index < -0.39 is 12.1 Å². The summed E-state index contributed by atoms with van der Waals surface area (Å²) >= 11 is 1.92. The maximum Gasteiger partial charge on any atom is 0.342 e. The van der Waals surface area contributed by atoms with E-state index in [9.17, 15) is 4.79 Å². The van der Waals surface area contributed by atoms with E-state index in [4.69, 9.17) is 15.7 Å². The van der Waals surface area contributed by atoms with Gasteiger partial charge in [-0.3, -0.25) is 0 Å². The molecule has 0 radical (unpaired) electrons. The number of rotatable bonds is 0. The number of nitrogen functional groups attached to an aromatic ring is 1. The highest BCUT2D eigenvalue weighted by Crippen LogP contribution is 2.36. The molecular weight excluding hydrogens is 309 g/mol. The summed E-state index contributed by atoms with van der Waals surface area (Å²) in [6.45, 7) is 1.71. The summed E-state index contributed by atoms with van der Waals surface area (Å²) in [6.07, 6.45) is -0.430. The number of ether oxygens (including phenoxy) is 1. The Bertz CT molecular complexity index is 507. The van der Waals surface area contributed by atoms with E-state index in [0.717, 1.165) is 0 Å². The predicted octanol–water partition coefficient (Wildman–Crippen LogP) is 1.37. The van der Waals surface area contributed by atoms with Gasteiger partial charge in [0.05, 0.1) is 5.56 Å². The van der Waals surface area contributed by atoms with E-state index in [0.29, 0.717) is 14.8 Å². The Hall–Kier alpha value is -1.36. The lowest BCUT2D eigenvalue weighted by atomic mass is 10.0. The fourth-order valence-electron chi connectivity index (χ4n) is 1.60. The molecule has 0 unspecified atom stereocenters. The van der Waals surface area contributed by atoms with Crippen LogP contribution in [-0.4, -0.2) is 11.0 Å². The van der Waals surface area contributed by atoms with E-state index in [1.807, 2.05) is 28.7 Å². The molecule has 1 aromatic heterocycles. The van der Waals surface area contributed by atoms with E-state index >= 15 is 0 Å². The van der Waals surface area contributed by atoms with Crippen molar-refractivity contribution in [3.05, 3.63) is 20.4 Å². The molecule has 0 saturated heterocycles. The Kier molecular flexibility index (Phi) is 2.26. The number of nitrogens with two attached hydrogens (primary N) is 1. The highest BCUT2D eigenvalue weighted by Gasteiger charge is 2.34. The van der Waals surface area contributed by atoms with Gasteiger partial charge in [0, 0.05) is 5.56 Å². The average Bonchev–Trinajstić information content (AvgIpc) is 2.43. The molecule has 2 rings (SSSR count). The van der Waals surface area contributed by atoms with Gasteiger partial charge in [-0.2, -0.15) is 5.26 Å². The number of cyclic esters (lactones) is 1. The van der Waals surface area contributed by atoms with E-state index in [-0.39, 0.29) is 11.4 Å². The number of nitriles is 1. The number of nitrogens with zero attached hydrogens (tertiary/aromatic N) is 2. The third-order valence-electron chi connectivity index (χ3n) is 2.23. The number of halogens is 1. The third-order valence-corrected chi connectivity index (χ3v) is 3.01. The van der Waals surface area contributed by atoms with Crippen LogP contribution in [0, 0.1) is 15.0 Å². The van der Waals surface area contributed by atoms with Crippen molar-refractivity contribution in [2.45, 2.75) is 13.0 Å². The second-order valence-corrected chi connectivity index (χ2v) is 4.13. The zero-order valence-corrected chi connectivity index (χ0v) is 9.90. The van der Waals surface area contributed by atoms with Crippen molar-refractivity contribution in [1.82, 2.24) is 4.98 Å². The zero-order chi connectivity index (χ0) is 11.2. The molecule has 2 N–H and O–H groups in total. The van der Waals surface area contributed by atoms with Crippen LogP contribution in [0.1, 0.15) is 34.5 Å². The number of hydrogen-bond acceptors (Lipinski definition) is 5. The second-order valence-electron chi connectivity index (χ2n) is 3.11. The molecule has 15 heavy (non-hydrogen) atoms. The Morgan fingerprint density at radius 3 is 2.93 bits per heavy atom. The number of fused-ring (bicyclic) bond motifs is 1. The summed E-state index contributed by atoms with van der Waals surface area (Å²) in [7, 11) is 0. The summed E-state index contributed by atoms with van der Waals surface area (Å²) < 4.78 is 5.49. The summed E-state index contributed by atoms with van der Waals surface area (Å²) in [5.74, 6) is -0.377. The van der Waals surface area contributed by atoms with Gasteiger partial charge >= 0.3 is 5.97 Å². The highest BCUT2D eigenvalue weighted by molar-refractivity contribution is 14.1. The van der Waals surface area contributed by atoms with Crippen molar-refractivity contribution >= 4 is 34.4 Å². The van der Waals surface area contributed by atoms with Gasteiger partial charge in [0.15, 0.2) is 0 Å². The first kappa shape index (κ1) is 10.2. The minimum Gasteiger partial charge on any atom is -0.454 e. The van der Waals surface area contributed by atoms with Gasteiger partial charge in [-0.05, 0) is 29.5 Å². The Morgan fingerprint density at radius 1 is 1.67 bits per heavy atom. The standard InChI is InChI=1S/C9H6IN3O2/c1-3-5-4(2-11)7(10)13-8(12)6(5)9(14)15-3/h3H,1H3,(H2,12,13)/t3-/m1/s1. The molecule has 2 heterocycles. The number of esters is 1. The van der Waals surface area contributed by atoms with Gasteiger partial charge in [-0.25, -0.2) is 9.78 Å². The SMILES string of the molecule is C[C@H]1OC(=O)c2c(N)nc(I)c(C#N)c21. The Balaban J connectivity index is 2.84. The lowest BCUT2D eigenvalue weighted by Crippen LogP contribution is -2.06. The van der Waals surface area contributed by atoms with Crippen molar-refractivity contribution in [1.29, 1.82) is 5.26 Å². The second kappa shape index (κ2) is 3.34. The molecule has 0 aliphatic carbocycles. The van der Waals surface area contributed by atoms with Crippen LogP contribution in [0.25, 0.3) is 0 Å². The molecule has 1 aliphatic rings. The van der Waals surface area contributed by atoms with Crippen LogP contribution in [-0.2, 0) is 4.74 Å². The van der Waals surface area contributed by atoms with Gasteiger partial charge in [0.2, 0.25) is 0 Å². The number of carbonyl (C=O) groups is 1. The van der Waals surface area contributed by atoms with Gasteiger partial charge in [0.1, 0.15) is 27.3 Å². The lowest BCUT2D eigenvalue weighted by Gasteiger charge is -2.06. The third kappa shape index (κ3) is 1.34. The van der Waals surface area contributed by atoms with Gasteiger partial charge in [0.25, 0.3) is 0 Å². The molecule has 1 atom stereocenters.